The molecule has 192 valence electrons. The first-order valence-corrected chi connectivity index (χ1v) is 12.5. The Hall–Kier alpha value is -3.44. The molecule has 2 amide bonds. The number of benzene rings is 1. The molecule has 0 bridgehead atoms. The highest BCUT2D eigenvalue weighted by Crippen LogP contribution is 2.25. The van der Waals surface area contributed by atoms with Crippen LogP contribution >= 0.6 is 0 Å². The summed E-state index contributed by atoms with van der Waals surface area (Å²) in [4.78, 5) is 58.7. The average molecular weight is 497 g/mol. The van der Waals surface area contributed by atoms with Crippen LogP contribution in [0.3, 0.4) is 0 Å². The van der Waals surface area contributed by atoms with Gasteiger partial charge in [-0.05, 0) is 42.5 Å². The standard InChI is InChI=1S/C25H32N6O5/c32-22-15-21(26-20-5-4-18-2-1-3-19(18)14-20)27-25(35)31(22)17-24(34)29-8-6-28(7-9-29)16-23(33)30-10-12-36-13-11-30/h4-5,14-15,26H,1-3,6-13,16-17H2,(H,27,35). The number of nitrogens with zero attached hydrogens (tertiary/aromatic N) is 4. The average Bonchev–Trinajstić information content (AvgIpc) is 3.35. The molecule has 11 nitrogen and oxygen atoms in total. The van der Waals surface area contributed by atoms with Gasteiger partial charge in [0.05, 0.1) is 19.8 Å². The molecule has 11 heteroatoms. The Kier molecular flexibility index (Phi) is 7.19. The minimum Gasteiger partial charge on any atom is -0.378 e. The molecule has 0 spiro atoms. The van der Waals surface area contributed by atoms with Crippen molar-refractivity contribution in [1.82, 2.24) is 24.3 Å². The number of aromatic nitrogens is 2. The molecule has 1 aromatic carbocycles. The van der Waals surface area contributed by atoms with Crippen molar-refractivity contribution in [3.63, 3.8) is 0 Å². The van der Waals surface area contributed by atoms with Crippen molar-refractivity contribution in [3.05, 3.63) is 56.2 Å². The fourth-order valence-electron chi connectivity index (χ4n) is 5.04. The molecular formula is C25H32N6O5. The summed E-state index contributed by atoms with van der Waals surface area (Å²) in [7, 11) is 0. The van der Waals surface area contributed by atoms with E-state index in [0.717, 1.165) is 29.5 Å². The maximum atomic E-state index is 12.8. The molecular weight excluding hydrogens is 464 g/mol. The molecule has 3 aliphatic rings. The van der Waals surface area contributed by atoms with Crippen LogP contribution in [0, 0.1) is 0 Å². The van der Waals surface area contributed by atoms with E-state index in [1.54, 1.807) is 4.90 Å². The maximum Gasteiger partial charge on any atom is 0.330 e. The summed E-state index contributed by atoms with van der Waals surface area (Å²) in [5.41, 5.74) is 2.27. The molecule has 0 radical (unpaired) electrons. The summed E-state index contributed by atoms with van der Waals surface area (Å²) in [6.07, 6.45) is 3.25. The van der Waals surface area contributed by atoms with Gasteiger partial charge >= 0.3 is 5.69 Å². The van der Waals surface area contributed by atoms with E-state index < -0.39 is 11.2 Å². The number of aryl methyl sites for hydroxylation is 2. The molecule has 0 atom stereocenters. The number of rotatable bonds is 6. The SMILES string of the molecule is O=C(CN1CCN(C(=O)Cn2c(=O)cc(Nc3ccc4c(c3)CCC4)[nH]c2=O)CC1)N1CCOCC1. The van der Waals surface area contributed by atoms with Gasteiger partial charge in [0.25, 0.3) is 5.56 Å². The van der Waals surface area contributed by atoms with Crippen LogP contribution in [0.25, 0.3) is 0 Å². The lowest BCUT2D eigenvalue weighted by atomic mass is 10.1. The number of carbonyl (C=O) groups excluding carboxylic acids is 2. The number of amides is 2. The Labute approximate surface area is 208 Å². The fraction of sp³-hybridized carbons (Fsp3) is 0.520. The molecule has 2 aromatic rings. The van der Waals surface area contributed by atoms with Gasteiger partial charge in [-0.15, -0.1) is 0 Å². The van der Waals surface area contributed by atoms with E-state index in [9.17, 15) is 19.2 Å². The number of fused-ring (bicyclic) bond motifs is 1. The number of morpholine rings is 1. The maximum absolute atomic E-state index is 12.8. The van der Waals surface area contributed by atoms with Crippen LogP contribution in [0.15, 0.2) is 33.9 Å². The zero-order valence-corrected chi connectivity index (χ0v) is 20.3. The number of H-pyrrole nitrogens is 1. The van der Waals surface area contributed by atoms with Gasteiger partial charge in [0, 0.05) is 51.0 Å². The molecule has 36 heavy (non-hydrogen) atoms. The van der Waals surface area contributed by atoms with Gasteiger partial charge in [0.1, 0.15) is 12.4 Å². The number of hydrogen-bond donors (Lipinski definition) is 2. The lowest BCUT2D eigenvalue weighted by molar-refractivity contribution is -0.138. The van der Waals surface area contributed by atoms with E-state index in [2.05, 4.69) is 16.4 Å². The van der Waals surface area contributed by atoms with Gasteiger partial charge in [-0.25, -0.2) is 4.79 Å². The van der Waals surface area contributed by atoms with Crippen molar-refractivity contribution < 1.29 is 14.3 Å². The quantitative estimate of drug-likeness (QED) is 0.567. The number of piperazine rings is 1. The lowest BCUT2D eigenvalue weighted by Crippen LogP contribution is -2.53. The molecule has 1 aromatic heterocycles. The van der Waals surface area contributed by atoms with Crippen LogP contribution in [0.5, 0.6) is 0 Å². The third kappa shape index (κ3) is 5.52. The van der Waals surface area contributed by atoms with Gasteiger partial charge in [-0.1, -0.05) is 6.07 Å². The van der Waals surface area contributed by atoms with Crippen LogP contribution in [0.2, 0.25) is 0 Å². The van der Waals surface area contributed by atoms with Crippen LogP contribution in [0.1, 0.15) is 17.5 Å². The number of nitrogens with one attached hydrogen (secondary N) is 2. The van der Waals surface area contributed by atoms with Crippen molar-refractivity contribution in [1.29, 1.82) is 0 Å². The van der Waals surface area contributed by atoms with Gasteiger partial charge < -0.3 is 19.9 Å². The van der Waals surface area contributed by atoms with Crippen molar-refractivity contribution in [2.45, 2.75) is 25.8 Å². The normalized spacial score (nSPS) is 18.2. The first kappa shape index (κ1) is 24.3. The second-order valence-corrected chi connectivity index (χ2v) is 9.52. The molecule has 2 fully saturated rings. The minimum atomic E-state index is -0.630. The molecule has 2 saturated heterocycles. The summed E-state index contributed by atoms with van der Waals surface area (Å²) < 4.78 is 6.21. The number of ether oxygens (including phenoxy) is 1. The highest BCUT2D eigenvalue weighted by molar-refractivity contribution is 5.78. The van der Waals surface area contributed by atoms with Crippen LogP contribution in [0.4, 0.5) is 11.5 Å². The molecule has 0 unspecified atom stereocenters. The van der Waals surface area contributed by atoms with Gasteiger partial charge in [0.15, 0.2) is 0 Å². The Morgan fingerprint density at radius 2 is 1.56 bits per heavy atom. The third-order valence-corrected chi connectivity index (χ3v) is 7.14. The fourth-order valence-corrected chi connectivity index (χ4v) is 5.04. The minimum absolute atomic E-state index is 0.0738. The zero-order valence-electron chi connectivity index (χ0n) is 20.3. The molecule has 1 aliphatic carbocycles. The first-order valence-electron chi connectivity index (χ1n) is 12.5. The van der Waals surface area contributed by atoms with E-state index >= 15 is 0 Å². The monoisotopic (exact) mass is 496 g/mol. The zero-order chi connectivity index (χ0) is 25.1. The van der Waals surface area contributed by atoms with Crippen LogP contribution < -0.4 is 16.6 Å². The summed E-state index contributed by atoms with van der Waals surface area (Å²) in [6, 6.07) is 7.35. The van der Waals surface area contributed by atoms with E-state index in [4.69, 9.17) is 4.74 Å². The summed E-state index contributed by atoms with van der Waals surface area (Å²) in [5, 5.41) is 3.10. The van der Waals surface area contributed by atoms with Crippen LogP contribution in [-0.4, -0.2) is 95.1 Å². The molecule has 0 saturated carbocycles. The smallest absolute Gasteiger partial charge is 0.330 e. The Morgan fingerprint density at radius 1 is 0.861 bits per heavy atom. The highest BCUT2D eigenvalue weighted by atomic mass is 16.5. The second kappa shape index (κ2) is 10.7. The van der Waals surface area contributed by atoms with E-state index in [-0.39, 0.29) is 18.4 Å². The first-order chi connectivity index (χ1) is 17.5. The predicted octanol–water partition coefficient (Wildman–Crippen LogP) is -0.228. The van der Waals surface area contributed by atoms with Crippen molar-refractivity contribution in [3.8, 4) is 0 Å². The Bertz CT molecular complexity index is 1210. The van der Waals surface area contributed by atoms with Gasteiger partial charge in [0.2, 0.25) is 11.8 Å². The Balaban J connectivity index is 1.15. The van der Waals surface area contributed by atoms with E-state index in [0.29, 0.717) is 64.8 Å². The topological polar surface area (TPSA) is 120 Å². The summed E-state index contributed by atoms with van der Waals surface area (Å²) in [5.74, 6) is 0.0797. The largest absolute Gasteiger partial charge is 0.378 e. The number of anilines is 2. The molecule has 2 aliphatic heterocycles. The number of hydrogen-bond acceptors (Lipinski definition) is 7. The van der Waals surface area contributed by atoms with Crippen molar-refractivity contribution in [2.75, 3.05) is 64.3 Å². The summed E-state index contributed by atoms with van der Waals surface area (Å²) >= 11 is 0. The molecule has 5 rings (SSSR count). The summed E-state index contributed by atoms with van der Waals surface area (Å²) in [6.45, 7) is 4.38. The Morgan fingerprint density at radius 3 is 2.31 bits per heavy atom. The van der Waals surface area contributed by atoms with E-state index in [1.807, 2.05) is 21.9 Å². The third-order valence-electron chi connectivity index (χ3n) is 7.14. The molecule has 2 N–H and O–H groups in total. The van der Waals surface area contributed by atoms with E-state index in [1.165, 1.54) is 17.2 Å². The second-order valence-electron chi connectivity index (χ2n) is 9.52. The van der Waals surface area contributed by atoms with Gasteiger partial charge in [-0.3, -0.25) is 28.8 Å². The van der Waals surface area contributed by atoms with Crippen molar-refractivity contribution >= 4 is 23.3 Å². The number of carbonyl (C=O) groups is 2. The number of aromatic amines is 1. The van der Waals surface area contributed by atoms with Crippen LogP contribution in [-0.2, 0) is 33.7 Å². The molecule has 3 heterocycles. The van der Waals surface area contributed by atoms with Gasteiger partial charge in [-0.2, -0.15) is 0 Å². The van der Waals surface area contributed by atoms with Crippen molar-refractivity contribution in [2.24, 2.45) is 0 Å². The highest BCUT2D eigenvalue weighted by Gasteiger charge is 2.25. The lowest BCUT2D eigenvalue weighted by Gasteiger charge is -2.36. The predicted molar refractivity (Wildman–Crippen MR) is 133 cm³/mol.